The number of piperidine rings is 1. The summed E-state index contributed by atoms with van der Waals surface area (Å²) in [6, 6.07) is 9.96. The van der Waals surface area contributed by atoms with E-state index in [1.54, 1.807) is 18.2 Å². The second-order valence-corrected chi connectivity index (χ2v) is 13.6. The first-order valence-electron chi connectivity index (χ1n) is 13.5. The number of carbonyl (C=O) groups is 1. The summed E-state index contributed by atoms with van der Waals surface area (Å²) in [7, 11) is -3.34. The van der Waals surface area contributed by atoms with Gasteiger partial charge in [-0.3, -0.25) is 4.79 Å². The normalized spacial score (nSPS) is 25.8. The van der Waals surface area contributed by atoms with E-state index in [0.29, 0.717) is 63.1 Å². The van der Waals surface area contributed by atoms with Gasteiger partial charge in [0.25, 0.3) is 0 Å². The first kappa shape index (κ1) is 29.0. The maximum atomic E-state index is 14.9. The van der Waals surface area contributed by atoms with Crippen molar-refractivity contribution in [2.45, 2.75) is 68.8 Å². The SMILES string of the molecule is CC(F)(c1ccc2c(c1)CCC1N(C(=O)C3CCN(S(C)(=O)=O)CC3)CCC21Cc1cccc(F)c1)C(F)(F)F. The Labute approximate surface area is 231 Å². The first-order chi connectivity index (χ1) is 18.6. The van der Waals surface area contributed by atoms with Crippen molar-refractivity contribution in [1.82, 2.24) is 9.21 Å². The number of fused-ring (bicyclic) bond motifs is 3. The van der Waals surface area contributed by atoms with Crippen LogP contribution in [0.25, 0.3) is 0 Å². The van der Waals surface area contributed by atoms with E-state index < -0.39 is 38.7 Å². The van der Waals surface area contributed by atoms with E-state index in [1.165, 1.54) is 28.6 Å². The number of amides is 1. The minimum absolute atomic E-state index is 0.0484. The quantitative estimate of drug-likeness (QED) is 0.450. The zero-order valence-electron chi connectivity index (χ0n) is 22.5. The second kappa shape index (κ2) is 10.1. The predicted octanol–water partition coefficient (Wildman–Crippen LogP) is 5.27. The molecule has 2 aliphatic heterocycles. The highest BCUT2D eigenvalue weighted by Gasteiger charge is 2.56. The number of sulfonamides is 1. The molecule has 2 aromatic rings. The van der Waals surface area contributed by atoms with Crippen molar-refractivity contribution >= 4 is 15.9 Å². The molecule has 3 unspecified atom stereocenters. The molecule has 5 rings (SSSR count). The highest BCUT2D eigenvalue weighted by Crippen LogP contribution is 2.51. The number of rotatable bonds is 5. The molecule has 1 amide bonds. The summed E-state index contributed by atoms with van der Waals surface area (Å²) in [5, 5.41) is 0. The third-order valence-corrected chi connectivity index (χ3v) is 10.5. The van der Waals surface area contributed by atoms with Gasteiger partial charge < -0.3 is 4.90 Å². The van der Waals surface area contributed by atoms with Gasteiger partial charge in [-0.15, -0.1) is 0 Å². The zero-order valence-corrected chi connectivity index (χ0v) is 23.3. The lowest BCUT2D eigenvalue weighted by Gasteiger charge is -2.45. The van der Waals surface area contributed by atoms with Gasteiger partial charge in [0, 0.05) is 37.0 Å². The van der Waals surface area contributed by atoms with Crippen molar-refractivity contribution in [3.8, 4) is 0 Å². The summed E-state index contributed by atoms with van der Waals surface area (Å²) in [6.45, 7) is 1.49. The average Bonchev–Trinajstić information content (AvgIpc) is 3.26. The molecule has 3 atom stereocenters. The van der Waals surface area contributed by atoms with Crippen LogP contribution in [-0.2, 0) is 38.7 Å². The van der Waals surface area contributed by atoms with Gasteiger partial charge in [-0.1, -0.05) is 30.3 Å². The van der Waals surface area contributed by atoms with Gasteiger partial charge >= 0.3 is 6.18 Å². The molecular formula is C29H33F5N2O3S. The zero-order chi connectivity index (χ0) is 29.1. The number of nitrogens with zero attached hydrogens (tertiary/aromatic N) is 2. The Bertz CT molecular complexity index is 1400. The highest BCUT2D eigenvalue weighted by molar-refractivity contribution is 7.88. The third-order valence-electron chi connectivity index (χ3n) is 9.18. The fraction of sp³-hybridized carbons (Fsp3) is 0.552. The van der Waals surface area contributed by atoms with Crippen LogP contribution < -0.4 is 0 Å². The van der Waals surface area contributed by atoms with Crippen LogP contribution in [0.1, 0.15) is 54.9 Å². The minimum atomic E-state index is -5.07. The van der Waals surface area contributed by atoms with E-state index >= 15 is 0 Å². The van der Waals surface area contributed by atoms with Crippen LogP contribution in [0.2, 0.25) is 0 Å². The molecule has 0 N–H and O–H groups in total. The smallest absolute Gasteiger partial charge is 0.339 e. The summed E-state index contributed by atoms with van der Waals surface area (Å²) in [4.78, 5) is 15.6. The predicted molar refractivity (Wildman–Crippen MR) is 140 cm³/mol. The van der Waals surface area contributed by atoms with E-state index in [0.717, 1.165) is 11.8 Å². The average molecular weight is 585 g/mol. The molecule has 0 bridgehead atoms. The monoisotopic (exact) mass is 584 g/mol. The van der Waals surface area contributed by atoms with Crippen molar-refractivity contribution in [3.63, 3.8) is 0 Å². The van der Waals surface area contributed by atoms with Gasteiger partial charge in [0.15, 0.2) is 0 Å². The topological polar surface area (TPSA) is 57.7 Å². The number of benzene rings is 2. The van der Waals surface area contributed by atoms with Crippen molar-refractivity contribution in [2.75, 3.05) is 25.9 Å². The van der Waals surface area contributed by atoms with Crippen molar-refractivity contribution < 1.29 is 35.2 Å². The highest BCUT2D eigenvalue weighted by atomic mass is 32.2. The molecule has 0 aromatic heterocycles. The largest absolute Gasteiger partial charge is 0.426 e. The Balaban J connectivity index is 1.49. The number of halogens is 5. The number of alkyl halides is 4. The van der Waals surface area contributed by atoms with Crippen molar-refractivity contribution in [2.24, 2.45) is 5.92 Å². The Morgan fingerprint density at radius 1 is 1.02 bits per heavy atom. The summed E-state index contributed by atoms with van der Waals surface area (Å²) < 4.78 is 94.7. The van der Waals surface area contributed by atoms with Crippen LogP contribution in [0.5, 0.6) is 0 Å². The van der Waals surface area contributed by atoms with E-state index in [1.807, 2.05) is 4.90 Å². The second-order valence-electron chi connectivity index (χ2n) is 11.6. The summed E-state index contributed by atoms with van der Waals surface area (Å²) in [6.07, 6.45) is -1.32. The van der Waals surface area contributed by atoms with Crippen LogP contribution in [0, 0.1) is 11.7 Å². The third kappa shape index (κ3) is 5.04. The van der Waals surface area contributed by atoms with E-state index in [2.05, 4.69) is 0 Å². The van der Waals surface area contributed by atoms with Crippen molar-refractivity contribution in [1.29, 1.82) is 0 Å². The molecule has 11 heteroatoms. The maximum Gasteiger partial charge on any atom is 0.426 e. The molecule has 3 aliphatic rings. The Kier molecular flexibility index (Phi) is 7.30. The van der Waals surface area contributed by atoms with Gasteiger partial charge in [0.1, 0.15) is 5.82 Å². The maximum absolute atomic E-state index is 14.9. The van der Waals surface area contributed by atoms with Gasteiger partial charge in [-0.05, 0) is 79.8 Å². The molecule has 0 spiro atoms. The van der Waals surface area contributed by atoms with Crippen molar-refractivity contribution in [3.05, 3.63) is 70.5 Å². The molecule has 2 fully saturated rings. The van der Waals surface area contributed by atoms with E-state index in [4.69, 9.17) is 0 Å². The van der Waals surface area contributed by atoms with E-state index in [9.17, 15) is 35.2 Å². The number of hydrogen-bond acceptors (Lipinski definition) is 3. The summed E-state index contributed by atoms with van der Waals surface area (Å²) in [5.41, 5.74) is -2.53. The fourth-order valence-electron chi connectivity index (χ4n) is 6.97. The molecular weight excluding hydrogens is 551 g/mol. The number of aryl methyl sites for hydroxylation is 1. The van der Waals surface area contributed by atoms with Gasteiger partial charge in [0.2, 0.25) is 21.6 Å². The Morgan fingerprint density at radius 3 is 2.35 bits per heavy atom. The fourth-order valence-corrected chi connectivity index (χ4v) is 7.84. The number of carbonyl (C=O) groups excluding carboxylic acids is 1. The lowest BCUT2D eigenvalue weighted by Crippen LogP contribution is -2.51. The molecule has 1 aliphatic carbocycles. The van der Waals surface area contributed by atoms with Gasteiger partial charge in [-0.2, -0.15) is 13.2 Å². The summed E-state index contributed by atoms with van der Waals surface area (Å²) >= 11 is 0. The lowest BCUT2D eigenvalue weighted by atomic mass is 9.63. The van der Waals surface area contributed by atoms with Crippen LogP contribution >= 0.6 is 0 Å². The molecule has 2 saturated heterocycles. The molecule has 0 radical (unpaired) electrons. The summed E-state index contributed by atoms with van der Waals surface area (Å²) in [5.74, 6) is -0.780. The number of likely N-dealkylation sites (tertiary alicyclic amines) is 1. The molecule has 40 heavy (non-hydrogen) atoms. The Hall–Kier alpha value is -2.53. The number of hydrogen-bond donors (Lipinski definition) is 0. The van der Waals surface area contributed by atoms with Crippen LogP contribution in [0.4, 0.5) is 22.0 Å². The van der Waals surface area contributed by atoms with E-state index in [-0.39, 0.29) is 31.0 Å². The van der Waals surface area contributed by atoms with Gasteiger partial charge in [-0.25, -0.2) is 21.5 Å². The standard InChI is InChI=1S/C29H33F5N2O3S/c1-27(31,29(32,33)34)22-7-8-24-21(17-22)6-9-25-28(24,18-19-4-3-5-23(30)16-19)12-15-36(25)26(37)20-10-13-35(14-11-20)40(2,38)39/h3-5,7-8,16-17,20,25H,6,9-15,18H2,1-2H3. The van der Waals surface area contributed by atoms with Crippen LogP contribution in [0.15, 0.2) is 42.5 Å². The minimum Gasteiger partial charge on any atom is -0.339 e. The van der Waals surface area contributed by atoms with Crippen LogP contribution in [0.3, 0.4) is 0 Å². The van der Waals surface area contributed by atoms with Crippen LogP contribution in [-0.4, -0.2) is 61.6 Å². The first-order valence-corrected chi connectivity index (χ1v) is 15.4. The lowest BCUT2D eigenvalue weighted by molar-refractivity contribution is -0.228. The molecule has 2 aromatic carbocycles. The Morgan fingerprint density at radius 2 is 1.73 bits per heavy atom. The molecule has 0 saturated carbocycles. The van der Waals surface area contributed by atoms with Gasteiger partial charge in [0.05, 0.1) is 6.26 Å². The molecule has 2 heterocycles. The molecule has 5 nitrogen and oxygen atoms in total. The molecule has 218 valence electrons.